The summed E-state index contributed by atoms with van der Waals surface area (Å²) in [5, 5.41) is 11.3. The number of nitrogens with one attached hydrogen (secondary N) is 1. The lowest BCUT2D eigenvalue weighted by Gasteiger charge is -2.03. The van der Waals surface area contributed by atoms with Gasteiger partial charge in [-0.1, -0.05) is 13.8 Å². The maximum atomic E-state index is 8.14. The van der Waals surface area contributed by atoms with Crippen molar-refractivity contribution in [1.82, 2.24) is 5.32 Å². The van der Waals surface area contributed by atoms with Gasteiger partial charge in [0.05, 0.1) is 6.07 Å². The van der Waals surface area contributed by atoms with Gasteiger partial charge in [0.2, 0.25) is 0 Å². The molecular formula is C7H14N2. The minimum Gasteiger partial charge on any atom is -0.315 e. The number of nitriles is 1. The van der Waals surface area contributed by atoms with Gasteiger partial charge in [0.15, 0.2) is 0 Å². The van der Waals surface area contributed by atoms with E-state index in [1.807, 2.05) is 0 Å². The van der Waals surface area contributed by atoms with E-state index in [-0.39, 0.29) is 0 Å². The van der Waals surface area contributed by atoms with Crippen LogP contribution in [0.2, 0.25) is 0 Å². The molecule has 2 nitrogen and oxygen atoms in total. The minimum atomic E-state index is 0.618. The Kier molecular flexibility index (Phi) is 5.24. The summed E-state index contributed by atoms with van der Waals surface area (Å²) >= 11 is 0. The molecule has 0 spiro atoms. The standard InChI is InChI=1S/C7H14N2/c1-7(2)6-9-5-3-4-8/h7,9H,3,5-6H2,1-2H3. The Hall–Kier alpha value is -0.550. The third-order valence-electron chi connectivity index (χ3n) is 0.966. The molecule has 0 aromatic carbocycles. The second kappa shape index (κ2) is 5.58. The molecule has 0 amide bonds. The van der Waals surface area contributed by atoms with Crippen LogP contribution in [0.15, 0.2) is 0 Å². The van der Waals surface area contributed by atoms with Crippen molar-refractivity contribution in [3.05, 3.63) is 0 Å². The fourth-order valence-electron chi connectivity index (χ4n) is 0.535. The predicted molar refractivity (Wildman–Crippen MR) is 37.9 cm³/mol. The molecule has 0 saturated heterocycles. The monoisotopic (exact) mass is 126 g/mol. The van der Waals surface area contributed by atoms with E-state index in [1.165, 1.54) is 0 Å². The van der Waals surface area contributed by atoms with Crippen molar-refractivity contribution in [3.8, 4) is 6.07 Å². The summed E-state index contributed by atoms with van der Waals surface area (Å²) in [6, 6.07) is 2.08. The highest BCUT2D eigenvalue weighted by atomic mass is 14.8. The molecule has 0 fully saturated rings. The molecule has 0 aliphatic carbocycles. The first kappa shape index (κ1) is 8.45. The summed E-state index contributed by atoms with van der Waals surface area (Å²) in [6.07, 6.45) is 0.618. The van der Waals surface area contributed by atoms with E-state index in [0.717, 1.165) is 13.1 Å². The summed E-state index contributed by atoms with van der Waals surface area (Å²) in [5.74, 6) is 0.684. The molecule has 2 heteroatoms. The Balaban J connectivity index is 2.85. The van der Waals surface area contributed by atoms with Gasteiger partial charge < -0.3 is 5.32 Å². The Morgan fingerprint density at radius 2 is 2.22 bits per heavy atom. The Morgan fingerprint density at radius 1 is 1.56 bits per heavy atom. The molecule has 0 aromatic heterocycles. The molecule has 0 aliphatic rings. The van der Waals surface area contributed by atoms with Crippen molar-refractivity contribution in [3.63, 3.8) is 0 Å². The third kappa shape index (κ3) is 7.45. The number of hydrogen-bond donors (Lipinski definition) is 1. The molecule has 0 unspecified atom stereocenters. The van der Waals surface area contributed by atoms with Gasteiger partial charge in [0.1, 0.15) is 0 Å². The fraction of sp³-hybridized carbons (Fsp3) is 0.857. The molecule has 0 rings (SSSR count). The van der Waals surface area contributed by atoms with Crippen LogP contribution in [0.3, 0.4) is 0 Å². The van der Waals surface area contributed by atoms with Gasteiger partial charge in [-0.25, -0.2) is 0 Å². The van der Waals surface area contributed by atoms with Crippen LogP contribution in [-0.2, 0) is 0 Å². The topological polar surface area (TPSA) is 35.8 Å². The number of nitrogens with zero attached hydrogens (tertiary/aromatic N) is 1. The maximum absolute atomic E-state index is 8.14. The Morgan fingerprint density at radius 3 is 2.67 bits per heavy atom. The normalized spacial score (nSPS) is 9.56. The van der Waals surface area contributed by atoms with Crippen molar-refractivity contribution >= 4 is 0 Å². The molecule has 9 heavy (non-hydrogen) atoms. The fourth-order valence-corrected chi connectivity index (χ4v) is 0.535. The second-order valence-electron chi connectivity index (χ2n) is 2.51. The molecule has 0 radical (unpaired) electrons. The highest BCUT2D eigenvalue weighted by molar-refractivity contribution is 4.70. The van der Waals surface area contributed by atoms with Crippen molar-refractivity contribution in [1.29, 1.82) is 5.26 Å². The van der Waals surface area contributed by atoms with E-state index in [0.29, 0.717) is 12.3 Å². The van der Waals surface area contributed by atoms with E-state index < -0.39 is 0 Å². The lowest BCUT2D eigenvalue weighted by Crippen LogP contribution is -2.20. The summed E-state index contributed by atoms with van der Waals surface area (Å²) < 4.78 is 0. The van der Waals surface area contributed by atoms with Crippen LogP contribution < -0.4 is 5.32 Å². The first-order chi connectivity index (χ1) is 4.27. The molecule has 1 N–H and O–H groups in total. The van der Waals surface area contributed by atoms with Gasteiger partial charge in [-0.2, -0.15) is 5.26 Å². The van der Waals surface area contributed by atoms with Crippen LogP contribution in [0.5, 0.6) is 0 Å². The van der Waals surface area contributed by atoms with Crippen molar-refractivity contribution in [2.24, 2.45) is 5.92 Å². The number of hydrogen-bond acceptors (Lipinski definition) is 2. The van der Waals surface area contributed by atoms with Gasteiger partial charge in [0, 0.05) is 13.0 Å². The van der Waals surface area contributed by atoms with Crippen LogP contribution in [-0.4, -0.2) is 13.1 Å². The van der Waals surface area contributed by atoms with Crippen LogP contribution in [0.1, 0.15) is 20.3 Å². The minimum absolute atomic E-state index is 0.618. The average molecular weight is 126 g/mol. The smallest absolute Gasteiger partial charge is 0.0635 e. The van der Waals surface area contributed by atoms with Crippen molar-refractivity contribution < 1.29 is 0 Å². The molecule has 0 bridgehead atoms. The quantitative estimate of drug-likeness (QED) is 0.573. The van der Waals surface area contributed by atoms with E-state index in [9.17, 15) is 0 Å². The summed E-state index contributed by atoms with van der Waals surface area (Å²) in [7, 11) is 0. The summed E-state index contributed by atoms with van der Waals surface area (Å²) in [6.45, 7) is 6.15. The van der Waals surface area contributed by atoms with Crippen LogP contribution in [0.4, 0.5) is 0 Å². The van der Waals surface area contributed by atoms with Crippen LogP contribution >= 0.6 is 0 Å². The Bertz CT molecular complexity index is 91.6. The van der Waals surface area contributed by atoms with Crippen LogP contribution in [0.25, 0.3) is 0 Å². The van der Waals surface area contributed by atoms with E-state index in [1.54, 1.807) is 0 Å². The summed E-state index contributed by atoms with van der Waals surface area (Å²) in [4.78, 5) is 0. The first-order valence-corrected chi connectivity index (χ1v) is 3.35. The van der Waals surface area contributed by atoms with Crippen molar-refractivity contribution in [2.45, 2.75) is 20.3 Å². The van der Waals surface area contributed by atoms with Crippen molar-refractivity contribution in [2.75, 3.05) is 13.1 Å². The highest BCUT2D eigenvalue weighted by Gasteiger charge is 1.89. The van der Waals surface area contributed by atoms with E-state index >= 15 is 0 Å². The average Bonchev–Trinajstić information content (AvgIpc) is 1.80. The SMILES string of the molecule is CC(C)CNCCC#N. The van der Waals surface area contributed by atoms with Gasteiger partial charge in [-0.3, -0.25) is 0 Å². The third-order valence-corrected chi connectivity index (χ3v) is 0.966. The zero-order chi connectivity index (χ0) is 7.11. The number of rotatable bonds is 4. The molecular weight excluding hydrogens is 112 g/mol. The first-order valence-electron chi connectivity index (χ1n) is 3.35. The maximum Gasteiger partial charge on any atom is 0.0635 e. The molecule has 0 saturated carbocycles. The molecule has 0 atom stereocenters. The molecule has 0 heterocycles. The van der Waals surface area contributed by atoms with Gasteiger partial charge in [-0.15, -0.1) is 0 Å². The zero-order valence-electron chi connectivity index (χ0n) is 6.15. The van der Waals surface area contributed by atoms with E-state index in [2.05, 4.69) is 25.2 Å². The molecule has 0 aliphatic heterocycles. The molecule has 0 aromatic rings. The second-order valence-corrected chi connectivity index (χ2v) is 2.51. The summed E-state index contributed by atoms with van der Waals surface area (Å²) in [5.41, 5.74) is 0. The predicted octanol–water partition coefficient (Wildman–Crippen LogP) is 1.15. The Labute approximate surface area is 56.9 Å². The highest BCUT2D eigenvalue weighted by Crippen LogP contribution is 1.86. The van der Waals surface area contributed by atoms with Gasteiger partial charge in [-0.05, 0) is 12.5 Å². The van der Waals surface area contributed by atoms with Gasteiger partial charge >= 0.3 is 0 Å². The molecule has 52 valence electrons. The van der Waals surface area contributed by atoms with Crippen LogP contribution in [0, 0.1) is 17.2 Å². The van der Waals surface area contributed by atoms with Gasteiger partial charge in [0.25, 0.3) is 0 Å². The lowest BCUT2D eigenvalue weighted by atomic mass is 10.2. The zero-order valence-corrected chi connectivity index (χ0v) is 6.15. The lowest BCUT2D eigenvalue weighted by molar-refractivity contribution is 0.558. The van der Waals surface area contributed by atoms with E-state index in [4.69, 9.17) is 5.26 Å². The largest absolute Gasteiger partial charge is 0.315 e.